The van der Waals surface area contributed by atoms with E-state index in [4.69, 9.17) is 15.5 Å². The van der Waals surface area contributed by atoms with Gasteiger partial charge in [0.15, 0.2) is 11.6 Å². The van der Waals surface area contributed by atoms with Crippen molar-refractivity contribution < 1.29 is 13.9 Å². The Hall–Kier alpha value is -4.78. The number of halogens is 1. The monoisotopic (exact) mass is 601 g/mol. The topological polar surface area (TPSA) is 136 Å². The van der Waals surface area contributed by atoms with Gasteiger partial charge in [0.25, 0.3) is 11.5 Å². The molecule has 1 amide bonds. The van der Waals surface area contributed by atoms with E-state index in [0.717, 1.165) is 30.0 Å². The zero-order valence-corrected chi connectivity index (χ0v) is 25.2. The number of anilines is 3. The number of pyridine rings is 1. The summed E-state index contributed by atoms with van der Waals surface area (Å²) in [5, 5.41) is 3.02. The van der Waals surface area contributed by atoms with Crippen molar-refractivity contribution in [2.24, 2.45) is 7.05 Å². The lowest BCUT2D eigenvalue weighted by atomic mass is 10.0. The first-order valence-corrected chi connectivity index (χ1v) is 14.6. The molecule has 0 spiro atoms. The van der Waals surface area contributed by atoms with Crippen LogP contribution in [0.1, 0.15) is 34.5 Å². The second-order valence-electron chi connectivity index (χ2n) is 11.4. The fourth-order valence-corrected chi connectivity index (χ4v) is 5.80. The molecule has 2 saturated heterocycles. The summed E-state index contributed by atoms with van der Waals surface area (Å²) < 4.78 is 22.7. The molecule has 44 heavy (non-hydrogen) atoms. The molecule has 3 N–H and O–H groups in total. The van der Waals surface area contributed by atoms with Gasteiger partial charge in [-0.1, -0.05) is 6.07 Å². The Kier molecular flexibility index (Phi) is 7.80. The third-order valence-corrected chi connectivity index (χ3v) is 8.57. The molecular weight excluding hydrogens is 565 g/mol. The first kappa shape index (κ1) is 29.3. The molecule has 0 saturated carbocycles. The van der Waals surface area contributed by atoms with E-state index in [0.29, 0.717) is 49.0 Å². The number of piperidine rings is 1. The quantitative estimate of drug-likeness (QED) is 0.328. The molecular formula is C31H36FN9O3. The van der Waals surface area contributed by atoms with Crippen molar-refractivity contribution >= 4 is 23.4 Å². The summed E-state index contributed by atoms with van der Waals surface area (Å²) in [5.41, 5.74) is 8.66. The maximum Gasteiger partial charge on any atom is 0.284 e. The Morgan fingerprint density at radius 2 is 1.84 bits per heavy atom. The van der Waals surface area contributed by atoms with Crippen LogP contribution in [0.2, 0.25) is 0 Å². The Morgan fingerprint density at radius 3 is 2.57 bits per heavy atom. The summed E-state index contributed by atoms with van der Waals surface area (Å²) in [7, 11) is 3.35. The van der Waals surface area contributed by atoms with Gasteiger partial charge < -0.3 is 25.6 Å². The largest absolute Gasteiger partial charge is 0.381 e. The van der Waals surface area contributed by atoms with Crippen LogP contribution in [0, 0.1) is 19.7 Å². The Bertz CT molecular complexity index is 1770. The minimum Gasteiger partial charge on any atom is -0.381 e. The van der Waals surface area contributed by atoms with Crippen LogP contribution in [0.4, 0.5) is 21.8 Å². The molecule has 13 heteroatoms. The van der Waals surface area contributed by atoms with Crippen LogP contribution >= 0.6 is 0 Å². The van der Waals surface area contributed by atoms with Gasteiger partial charge in [-0.3, -0.25) is 14.3 Å². The molecule has 230 valence electrons. The van der Waals surface area contributed by atoms with Crippen molar-refractivity contribution in [1.82, 2.24) is 29.6 Å². The molecule has 6 rings (SSSR count). The molecule has 2 aliphatic heterocycles. The number of carbonyl (C=O) groups is 1. The molecule has 5 heterocycles. The number of carbonyl (C=O) groups excluding carboxylic acids is 1. The predicted molar refractivity (Wildman–Crippen MR) is 166 cm³/mol. The number of nitrogen functional groups attached to an aromatic ring is 1. The molecule has 0 unspecified atom stereocenters. The Balaban J connectivity index is 1.14. The van der Waals surface area contributed by atoms with Crippen molar-refractivity contribution in [3.05, 3.63) is 75.7 Å². The van der Waals surface area contributed by atoms with Gasteiger partial charge in [0.05, 0.1) is 23.7 Å². The molecule has 0 aliphatic carbocycles. The summed E-state index contributed by atoms with van der Waals surface area (Å²) in [6.45, 7) is 6.27. The van der Waals surface area contributed by atoms with Crippen LogP contribution in [0.5, 0.6) is 0 Å². The summed E-state index contributed by atoms with van der Waals surface area (Å²) in [5.74, 6) is 0.778. The van der Waals surface area contributed by atoms with E-state index in [-0.39, 0.29) is 23.4 Å². The molecule has 0 atom stereocenters. The highest BCUT2D eigenvalue weighted by molar-refractivity contribution is 5.95. The number of ether oxygens (including phenoxy) is 1. The smallest absolute Gasteiger partial charge is 0.284 e. The number of nitrogens with two attached hydrogens (primary N) is 1. The van der Waals surface area contributed by atoms with Crippen LogP contribution < -0.4 is 26.4 Å². The average molecular weight is 602 g/mol. The maximum absolute atomic E-state index is 14.6. The van der Waals surface area contributed by atoms with Crippen molar-refractivity contribution in [3.8, 4) is 16.9 Å². The minimum atomic E-state index is -0.559. The second kappa shape index (κ2) is 11.7. The number of benzene rings is 1. The standard InChI is InChI=1S/C31H36FN9O3/c1-18-5-6-23(32)25(13-18)41-31(43)27(19(2)38(41)3)30(42)36-21-8-11-39(12-9-21)29-28(33)35-15-24(37-29)20-7-10-34-26(14-20)40-16-22(17-40)44-4/h5-7,10,13-15,21-22H,8-9,11-12,16-17H2,1-4H3,(H2,33,35)(H,36,42). The Labute approximate surface area is 254 Å². The van der Waals surface area contributed by atoms with Crippen LogP contribution in [0.25, 0.3) is 16.9 Å². The summed E-state index contributed by atoms with van der Waals surface area (Å²) in [4.78, 5) is 44.7. The molecule has 2 aliphatic rings. The molecule has 3 aromatic heterocycles. The third kappa shape index (κ3) is 5.39. The lowest BCUT2D eigenvalue weighted by Crippen LogP contribution is -2.52. The molecule has 12 nitrogen and oxygen atoms in total. The fraction of sp³-hybridized carbons (Fsp3) is 0.387. The van der Waals surface area contributed by atoms with Crippen LogP contribution in [0.3, 0.4) is 0 Å². The number of amides is 1. The molecule has 0 radical (unpaired) electrons. The molecule has 1 aromatic carbocycles. The highest BCUT2D eigenvalue weighted by Gasteiger charge is 2.29. The normalized spacial score (nSPS) is 15.8. The molecule has 4 aromatic rings. The minimum absolute atomic E-state index is 0.00587. The number of hydrogen-bond acceptors (Lipinski definition) is 9. The predicted octanol–water partition coefficient (Wildman–Crippen LogP) is 2.60. The van der Waals surface area contributed by atoms with E-state index >= 15 is 0 Å². The first-order chi connectivity index (χ1) is 21.1. The lowest BCUT2D eigenvalue weighted by molar-refractivity contribution is 0.0783. The van der Waals surface area contributed by atoms with Crippen LogP contribution in [-0.2, 0) is 11.8 Å². The average Bonchev–Trinajstić information content (AvgIpc) is 3.21. The summed E-state index contributed by atoms with van der Waals surface area (Å²) in [6, 6.07) is 8.28. The van der Waals surface area contributed by atoms with Gasteiger partial charge in [0.2, 0.25) is 0 Å². The van der Waals surface area contributed by atoms with Gasteiger partial charge in [-0.2, -0.15) is 0 Å². The maximum atomic E-state index is 14.6. The van der Waals surface area contributed by atoms with E-state index in [1.165, 1.54) is 15.4 Å². The van der Waals surface area contributed by atoms with Gasteiger partial charge in [0, 0.05) is 58.1 Å². The van der Waals surface area contributed by atoms with Crippen molar-refractivity contribution in [1.29, 1.82) is 0 Å². The number of methoxy groups -OCH3 is 1. The number of hydrogen-bond donors (Lipinski definition) is 2. The van der Waals surface area contributed by atoms with E-state index in [1.54, 1.807) is 45.6 Å². The van der Waals surface area contributed by atoms with E-state index < -0.39 is 17.3 Å². The van der Waals surface area contributed by atoms with Gasteiger partial charge in [-0.15, -0.1) is 0 Å². The van der Waals surface area contributed by atoms with Crippen LogP contribution in [0.15, 0.2) is 47.5 Å². The third-order valence-electron chi connectivity index (χ3n) is 8.57. The molecule has 2 fully saturated rings. The van der Waals surface area contributed by atoms with Gasteiger partial charge in [0.1, 0.15) is 22.9 Å². The fourth-order valence-electron chi connectivity index (χ4n) is 5.80. The first-order valence-electron chi connectivity index (χ1n) is 14.6. The summed E-state index contributed by atoms with van der Waals surface area (Å²) in [6.07, 6.45) is 4.89. The highest BCUT2D eigenvalue weighted by atomic mass is 19.1. The number of nitrogens with zero attached hydrogens (tertiary/aromatic N) is 7. The van der Waals surface area contributed by atoms with E-state index in [1.807, 2.05) is 19.1 Å². The highest BCUT2D eigenvalue weighted by Crippen LogP contribution is 2.29. The Morgan fingerprint density at radius 1 is 1.09 bits per heavy atom. The number of nitrogens with one attached hydrogen (secondary N) is 1. The van der Waals surface area contributed by atoms with Crippen molar-refractivity contribution in [2.75, 3.05) is 48.8 Å². The van der Waals surface area contributed by atoms with E-state index in [2.05, 4.69) is 25.1 Å². The van der Waals surface area contributed by atoms with E-state index in [9.17, 15) is 14.0 Å². The van der Waals surface area contributed by atoms with Crippen molar-refractivity contribution in [2.45, 2.75) is 38.8 Å². The van der Waals surface area contributed by atoms with Gasteiger partial charge in [-0.05, 0) is 56.5 Å². The van der Waals surface area contributed by atoms with Crippen molar-refractivity contribution in [3.63, 3.8) is 0 Å². The van der Waals surface area contributed by atoms with Gasteiger partial charge in [-0.25, -0.2) is 24.0 Å². The number of rotatable bonds is 7. The number of aromatic nitrogens is 5. The van der Waals surface area contributed by atoms with Crippen LogP contribution in [-0.4, -0.2) is 75.7 Å². The summed E-state index contributed by atoms with van der Waals surface area (Å²) >= 11 is 0. The zero-order chi connectivity index (χ0) is 31.1. The molecule has 0 bridgehead atoms. The number of aryl methyl sites for hydroxylation is 1. The SMILES string of the molecule is COC1CN(c2cc(-c3cnc(N)c(N4CCC(NC(=O)c5c(C)n(C)n(-c6cc(C)ccc6F)c5=O)CC4)n3)ccn2)C1. The lowest BCUT2D eigenvalue weighted by Gasteiger charge is -2.39. The second-order valence-corrected chi connectivity index (χ2v) is 11.4. The zero-order valence-electron chi connectivity index (χ0n) is 25.2. The van der Waals surface area contributed by atoms with Gasteiger partial charge >= 0.3 is 0 Å².